The number of amides is 1. The van der Waals surface area contributed by atoms with E-state index in [0.717, 1.165) is 6.42 Å². The van der Waals surface area contributed by atoms with Crippen molar-refractivity contribution in [1.82, 2.24) is 9.88 Å². The van der Waals surface area contributed by atoms with Crippen LogP contribution in [0.2, 0.25) is 0 Å². The predicted molar refractivity (Wildman–Crippen MR) is 79.5 cm³/mol. The highest BCUT2D eigenvalue weighted by molar-refractivity contribution is 7.11. The molecule has 19 heavy (non-hydrogen) atoms. The van der Waals surface area contributed by atoms with E-state index in [1.54, 1.807) is 28.2 Å². The highest BCUT2D eigenvalue weighted by atomic mass is 32.1. The summed E-state index contributed by atoms with van der Waals surface area (Å²) in [5.41, 5.74) is 6.87. The summed E-state index contributed by atoms with van der Waals surface area (Å²) in [6.07, 6.45) is 2.59. The van der Waals surface area contributed by atoms with E-state index in [1.165, 1.54) is 9.75 Å². The van der Waals surface area contributed by atoms with Crippen LogP contribution in [0, 0.1) is 6.92 Å². The van der Waals surface area contributed by atoms with Crippen molar-refractivity contribution in [2.45, 2.75) is 26.3 Å². The molecule has 0 radical (unpaired) electrons. The van der Waals surface area contributed by atoms with Crippen LogP contribution in [0.4, 0.5) is 5.69 Å². The molecule has 1 unspecified atom stereocenters. The Morgan fingerprint density at radius 2 is 2.26 bits per heavy atom. The van der Waals surface area contributed by atoms with E-state index >= 15 is 0 Å². The number of thiophene rings is 1. The zero-order valence-electron chi connectivity index (χ0n) is 11.4. The Morgan fingerprint density at radius 3 is 2.79 bits per heavy atom. The summed E-state index contributed by atoms with van der Waals surface area (Å²) >= 11 is 1.77. The number of carbonyl (C=O) groups is 1. The lowest BCUT2D eigenvalue weighted by molar-refractivity contribution is 0.0932. The molecule has 2 heterocycles. The number of anilines is 1. The number of rotatable bonds is 4. The number of nitrogen functional groups attached to an aromatic ring is 1. The molecule has 2 rings (SSSR count). The number of carbonyl (C=O) groups excluding carboxylic acids is 1. The normalized spacial score (nSPS) is 12.4. The summed E-state index contributed by atoms with van der Waals surface area (Å²) in [5, 5.41) is 3.00. The van der Waals surface area contributed by atoms with E-state index in [2.05, 4.69) is 24.4 Å². The summed E-state index contributed by atoms with van der Waals surface area (Å²) in [6.45, 7) is 4.10. The molecule has 5 heteroatoms. The van der Waals surface area contributed by atoms with Crippen LogP contribution in [-0.2, 0) is 13.5 Å². The molecule has 0 saturated carbocycles. The molecule has 102 valence electrons. The van der Waals surface area contributed by atoms with E-state index in [-0.39, 0.29) is 11.9 Å². The molecule has 2 aromatic heterocycles. The van der Waals surface area contributed by atoms with Gasteiger partial charge in [-0.15, -0.1) is 11.3 Å². The topological polar surface area (TPSA) is 60.1 Å². The zero-order chi connectivity index (χ0) is 14.0. The number of aromatic nitrogens is 1. The molecule has 4 nitrogen and oxygen atoms in total. The van der Waals surface area contributed by atoms with Crippen LogP contribution in [0.3, 0.4) is 0 Å². The van der Waals surface area contributed by atoms with E-state index in [9.17, 15) is 4.79 Å². The second-order valence-electron chi connectivity index (χ2n) is 4.86. The molecule has 1 amide bonds. The van der Waals surface area contributed by atoms with Gasteiger partial charge in [-0.2, -0.15) is 0 Å². The Labute approximate surface area is 117 Å². The van der Waals surface area contributed by atoms with Crippen molar-refractivity contribution in [2.24, 2.45) is 7.05 Å². The van der Waals surface area contributed by atoms with Gasteiger partial charge >= 0.3 is 0 Å². The van der Waals surface area contributed by atoms with Crippen LogP contribution in [0.5, 0.6) is 0 Å². The number of hydrogen-bond donors (Lipinski definition) is 2. The molecular weight excluding hydrogens is 258 g/mol. The molecule has 2 aromatic rings. The van der Waals surface area contributed by atoms with Gasteiger partial charge in [-0.1, -0.05) is 0 Å². The SMILES string of the molecule is Cc1ccc(CC(C)NC(=O)c2cc(N)cn2C)s1. The van der Waals surface area contributed by atoms with Gasteiger partial charge in [0.05, 0.1) is 5.69 Å². The van der Waals surface area contributed by atoms with Gasteiger partial charge in [0.2, 0.25) is 0 Å². The van der Waals surface area contributed by atoms with E-state index in [4.69, 9.17) is 5.73 Å². The van der Waals surface area contributed by atoms with Gasteiger partial charge in [-0.05, 0) is 32.0 Å². The molecule has 1 atom stereocenters. The fourth-order valence-corrected chi connectivity index (χ4v) is 3.08. The van der Waals surface area contributed by atoms with Crippen molar-refractivity contribution in [2.75, 3.05) is 5.73 Å². The summed E-state index contributed by atoms with van der Waals surface area (Å²) in [7, 11) is 1.82. The summed E-state index contributed by atoms with van der Waals surface area (Å²) in [6, 6.07) is 6.01. The van der Waals surface area contributed by atoms with Crippen molar-refractivity contribution in [1.29, 1.82) is 0 Å². The first-order valence-corrected chi connectivity index (χ1v) is 7.05. The molecule has 3 N–H and O–H groups in total. The first-order chi connectivity index (χ1) is 8.95. The molecule has 0 bridgehead atoms. The van der Waals surface area contributed by atoms with Gasteiger partial charge < -0.3 is 15.6 Å². The second kappa shape index (κ2) is 5.48. The van der Waals surface area contributed by atoms with Crippen molar-refractivity contribution < 1.29 is 4.79 Å². The third-order valence-electron chi connectivity index (χ3n) is 2.94. The van der Waals surface area contributed by atoms with Crippen LogP contribution in [0.1, 0.15) is 27.2 Å². The van der Waals surface area contributed by atoms with Crippen molar-refractivity contribution in [3.63, 3.8) is 0 Å². The number of hydrogen-bond acceptors (Lipinski definition) is 3. The van der Waals surface area contributed by atoms with Crippen LogP contribution in [0.15, 0.2) is 24.4 Å². The summed E-state index contributed by atoms with van der Waals surface area (Å²) in [5.74, 6) is -0.0834. The zero-order valence-corrected chi connectivity index (χ0v) is 12.3. The molecule has 0 spiro atoms. The first-order valence-electron chi connectivity index (χ1n) is 6.23. The average Bonchev–Trinajstić information content (AvgIpc) is 2.84. The van der Waals surface area contributed by atoms with Gasteiger partial charge in [0.25, 0.3) is 5.91 Å². The number of aryl methyl sites for hydroxylation is 2. The van der Waals surface area contributed by atoms with Gasteiger partial charge in [-0.3, -0.25) is 4.79 Å². The Morgan fingerprint density at radius 1 is 1.53 bits per heavy atom. The van der Waals surface area contributed by atoms with E-state index < -0.39 is 0 Å². The van der Waals surface area contributed by atoms with Gasteiger partial charge in [0, 0.05) is 35.5 Å². The lowest BCUT2D eigenvalue weighted by atomic mass is 10.2. The molecule has 0 aromatic carbocycles. The number of nitrogens with one attached hydrogen (secondary N) is 1. The van der Waals surface area contributed by atoms with Crippen molar-refractivity contribution in [3.05, 3.63) is 39.8 Å². The molecule has 0 aliphatic rings. The smallest absolute Gasteiger partial charge is 0.268 e. The van der Waals surface area contributed by atoms with Gasteiger partial charge in [-0.25, -0.2) is 0 Å². The molecule has 0 saturated heterocycles. The largest absolute Gasteiger partial charge is 0.397 e. The maximum absolute atomic E-state index is 12.1. The lowest BCUT2D eigenvalue weighted by Crippen LogP contribution is -2.34. The molecular formula is C14H19N3OS. The van der Waals surface area contributed by atoms with Crippen molar-refractivity contribution in [3.8, 4) is 0 Å². The van der Waals surface area contributed by atoms with Crippen LogP contribution >= 0.6 is 11.3 Å². The molecule has 0 aliphatic carbocycles. The minimum Gasteiger partial charge on any atom is -0.397 e. The van der Waals surface area contributed by atoms with E-state index in [1.807, 2.05) is 14.0 Å². The lowest BCUT2D eigenvalue weighted by Gasteiger charge is -2.13. The highest BCUT2D eigenvalue weighted by Crippen LogP contribution is 2.17. The average molecular weight is 277 g/mol. The van der Waals surface area contributed by atoms with Crippen LogP contribution < -0.4 is 11.1 Å². The third-order valence-corrected chi connectivity index (χ3v) is 3.96. The van der Waals surface area contributed by atoms with Gasteiger partial charge in [0.15, 0.2) is 0 Å². The van der Waals surface area contributed by atoms with Crippen LogP contribution in [0.25, 0.3) is 0 Å². The Balaban J connectivity index is 1.97. The van der Waals surface area contributed by atoms with E-state index in [0.29, 0.717) is 11.4 Å². The van der Waals surface area contributed by atoms with Gasteiger partial charge in [0.1, 0.15) is 5.69 Å². The summed E-state index contributed by atoms with van der Waals surface area (Å²) < 4.78 is 1.74. The Hall–Kier alpha value is -1.75. The number of nitrogens with two attached hydrogens (primary N) is 1. The Bertz CT molecular complexity index is 585. The predicted octanol–water partition coefficient (Wildman–Crippen LogP) is 2.34. The summed E-state index contributed by atoms with van der Waals surface area (Å²) in [4.78, 5) is 14.7. The fourth-order valence-electron chi connectivity index (χ4n) is 2.06. The monoisotopic (exact) mass is 277 g/mol. The standard InChI is InChI=1S/C14H19N3OS/c1-9(6-12-5-4-10(2)19-12)16-14(18)13-7-11(15)8-17(13)3/h4-5,7-9H,6,15H2,1-3H3,(H,16,18). The maximum atomic E-state index is 12.1. The Kier molecular flexibility index (Phi) is 3.95. The van der Waals surface area contributed by atoms with Crippen molar-refractivity contribution >= 4 is 22.9 Å². The second-order valence-corrected chi connectivity index (χ2v) is 6.23. The first kappa shape index (κ1) is 13.7. The molecule has 0 aliphatic heterocycles. The minimum atomic E-state index is -0.0834. The maximum Gasteiger partial charge on any atom is 0.268 e. The molecule has 0 fully saturated rings. The minimum absolute atomic E-state index is 0.0834. The third kappa shape index (κ3) is 3.38. The fraction of sp³-hybridized carbons (Fsp3) is 0.357. The quantitative estimate of drug-likeness (QED) is 0.901. The van der Waals surface area contributed by atoms with Crippen LogP contribution in [-0.4, -0.2) is 16.5 Å². The number of nitrogens with zero attached hydrogens (tertiary/aromatic N) is 1. The highest BCUT2D eigenvalue weighted by Gasteiger charge is 2.14.